The highest BCUT2D eigenvalue weighted by molar-refractivity contribution is 5.99. The molecule has 1 unspecified atom stereocenters. The van der Waals surface area contributed by atoms with Crippen LogP contribution in [-0.4, -0.2) is 35.3 Å². The second kappa shape index (κ2) is 8.18. The number of nitrogens with zero attached hydrogens (tertiary/aromatic N) is 2. The number of nitrogens with one attached hydrogen (secondary N) is 2. The summed E-state index contributed by atoms with van der Waals surface area (Å²) < 4.78 is 1.78. The molecule has 2 heterocycles. The van der Waals surface area contributed by atoms with Crippen molar-refractivity contribution >= 4 is 5.91 Å². The molecule has 5 heteroatoms. The molecule has 1 fully saturated rings. The van der Waals surface area contributed by atoms with Gasteiger partial charge in [0.2, 0.25) is 0 Å². The Hall–Kier alpha value is -2.92. The van der Waals surface area contributed by atoms with Gasteiger partial charge in [-0.1, -0.05) is 48.5 Å². The average molecular weight is 360 g/mol. The Bertz CT molecular complexity index is 883. The minimum atomic E-state index is -0.0680. The van der Waals surface area contributed by atoms with Crippen LogP contribution in [0.25, 0.3) is 16.9 Å². The molecule has 1 saturated heterocycles. The summed E-state index contributed by atoms with van der Waals surface area (Å²) in [4.78, 5) is 12.9. The first kappa shape index (κ1) is 17.5. The molecular formula is C22H24N4O. The maximum Gasteiger partial charge on any atom is 0.255 e. The number of amides is 1. The van der Waals surface area contributed by atoms with E-state index in [1.165, 1.54) is 6.42 Å². The molecular weight excluding hydrogens is 336 g/mol. The third-order valence-corrected chi connectivity index (χ3v) is 4.98. The van der Waals surface area contributed by atoms with Crippen LogP contribution in [-0.2, 0) is 0 Å². The maximum atomic E-state index is 12.9. The molecule has 1 atom stereocenters. The van der Waals surface area contributed by atoms with Crippen LogP contribution in [0.1, 0.15) is 23.2 Å². The average Bonchev–Trinajstić information content (AvgIpc) is 3.20. The van der Waals surface area contributed by atoms with Gasteiger partial charge in [0.15, 0.2) is 0 Å². The number of hydrogen-bond donors (Lipinski definition) is 2. The first-order valence-electron chi connectivity index (χ1n) is 9.50. The number of aromatic nitrogens is 2. The van der Waals surface area contributed by atoms with E-state index in [1.54, 1.807) is 4.68 Å². The van der Waals surface area contributed by atoms with Gasteiger partial charge in [-0.15, -0.1) is 0 Å². The van der Waals surface area contributed by atoms with Crippen LogP contribution in [0.5, 0.6) is 0 Å². The van der Waals surface area contributed by atoms with Crippen molar-refractivity contribution < 1.29 is 4.79 Å². The predicted octanol–water partition coefficient (Wildman–Crippen LogP) is 3.27. The summed E-state index contributed by atoms with van der Waals surface area (Å²) in [6, 6.07) is 19.7. The lowest BCUT2D eigenvalue weighted by Crippen LogP contribution is -2.38. The Kier molecular flexibility index (Phi) is 5.30. The molecule has 0 saturated carbocycles. The number of para-hydroxylation sites is 1. The van der Waals surface area contributed by atoms with Crippen molar-refractivity contribution in [1.82, 2.24) is 20.4 Å². The van der Waals surface area contributed by atoms with Crippen molar-refractivity contribution in [3.8, 4) is 16.9 Å². The lowest BCUT2D eigenvalue weighted by atomic mass is 9.99. The third-order valence-electron chi connectivity index (χ3n) is 4.98. The molecule has 2 N–H and O–H groups in total. The Balaban J connectivity index is 1.61. The van der Waals surface area contributed by atoms with Crippen LogP contribution in [0.15, 0.2) is 66.9 Å². The SMILES string of the molecule is O=C(NCC1CCCNC1)c1cn(-c2ccccc2)nc1-c1ccccc1. The summed E-state index contributed by atoms with van der Waals surface area (Å²) in [6.45, 7) is 2.73. The number of hydrogen-bond acceptors (Lipinski definition) is 3. The molecule has 3 aromatic rings. The highest BCUT2D eigenvalue weighted by atomic mass is 16.1. The van der Waals surface area contributed by atoms with Crippen LogP contribution >= 0.6 is 0 Å². The van der Waals surface area contributed by atoms with E-state index in [-0.39, 0.29) is 5.91 Å². The number of carbonyl (C=O) groups is 1. The van der Waals surface area contributed by atoms with E-state index in [1.807, 2.05) is 66.9 Å². The molecule has 2 aromatic carbocycles. The Labute approximate surface area is 159 Å². The molecule has 5 nitrogen and oxygen atoms in total. The Morgan fingerprint density at radius 1 is 1.11 bits per heavy atom. The Morgan fingerprint density at radius 3 is 2.56 bits per heavy atom. The van der Waals surface area contributed by atoms with Crippen LogP contribution < -0.4 is 10.6 Å². The standard InChI is InChI=1S/C22H24N4O/c27-22(24-15-17-8-7-13-23-14-17)20-16-26(19-11-5-2-6-12-19)25-21(20)18-9-3-1-4-10-18/h1-6,9-12,16-17,23H,7-8,13-15H2,(H,24,27). The summed E-state index contributed by atoms with van der Waals surface area (Å²) in [5, 5.41) is 11.2. The van der Waals surface area contributed by atoms with Gasteiger partial charge in [-0.2, -0.15) is 5.10 Å². The smallest absolute Gasteiger partial charge is 0.255 e. The number of rotatable bonds is 5. The lowest BCUT2D eigenvalue weighted by Gasteiger charge is -2.22. The maximum absolute atomic E-state index is 12.9. The highest BCUT2D eigenvalue weighted by Gasteiger charge is 2.20. The summed E-state index contributed by atoms with van der Waals surface area (Å²) in [7, 11) is 0. The van der Waals surface area contributed by atoms with Gasteiger partial charge in [0.05, 0.1) is 11.3 Å². The third kappa shape index (κ3) is 4.09. The van der Waals surface area contributed by atoms with Gasteiger partial charge in [0.25, 0.3) is 5.91 Å². The zero-order valence-electron chi connectivity index (χ0n) is 15.3. The van der Waals surface area contributed by atoms with Crippen LogP contribution in [0, 0.1) is 5.92 Å². The van der Waals surface area contributed by atoms with Crippen molar-refractivity contribution in [2.75, 3.05) is 19.6 Å². The summed E-state index contributed by atoms with van der Waals surface area (Å²) in [5.74, 6) is 0.425. The second-order valence-corrected chi connectivity index (χ2v) is 6.96. The molecule has 0 spiro atoms. The molecule has 138 valence electrons. The van der Waals surface area contributed by atoms with Gasteiger partial charge in [-0.25, -0.2) is 4.68 Å². The molecule has 4 rings (SSSR count). The van der Waals surface area contributed by atoms with E-state index in [0.717, 1.165) is 30.8 Å². The molecule has 0 aliphatic carbocycles. The van der Waals surface area contributed by atoms with Gasteiger partial charge in [0.1, 0.15) is 5.69 Å². The van der Waals surface area contributed by atoms with E-state index in [2.05, 4.69) is 10.6 Å². The predicted molar refractivity (Wildman–Crippen MR) is 107 cm³/mol. The number of piperidine rings is 1. The summed E-state index contributed by atoms with van der Waals surface area (Å²) in [6.07, 6.45) is 4.15. The fraction of sp³-hybridized carbons (Fsp3) is 0.273. The number of benzene rings is 2. The molecule has 1 amide bonds. The van der Waals surface area contributed by atoms with Crippen LogP contribution in [0.4, 0.5) is 0 Å². The minimum Gasteiger partial charge on any atom is -0.352 e. The highest BCUT2D eigenvalue weighted by Crippen LogP contribution is 2.23. The second-order valence-electron chi connectivity index (χ2n) is 6.96. The minimum absolute atomic E-state index is 0.0680. The first-order valence-corrected chi connectivity index (χ1v) is 9.50. The first-order chi connectivity index (χ1) is 13.3. The fourth-order valence-electron chi connectivity index (χ4n) is 3.49. The zero-order valence-corrected chi connectivity index (χ0v) is 15.3. The molecule has 1 aliphatic heterocycles. The zero-order chi connectivity index (χ0) is 18.5. The van der Waals surface area contributed by atoms with Crippen molar-refractivity contribution in [2.45, 2.75) is 12.8 Å². The van der Waals surface area contributed by atoms with E-state index in [0.29, 0.717) is 23.7 Å². The van der Waals surface area contributed by atoms with Gasteiger partial charge in [-0.05, 0) is 44.0 Å². The van der Waals surface area contributed by atoms with Crippen molar-refractivity contribution in [2.24, 2.45) is 5.92 Å². The van der Waals surface area contributed by atoms with Crippen LogP contribution in [0.3, 0.4) is 0 Å². The largest absolute Gasteiger partial charge is 0.352 e. The van der Waals surface area contributed by atoms with E-state index in [9.17, 15) is 4.79 Å². The summed E-state index contributed by atoms with van der Waals surface area (Å²) in [5.41, 5.74) is 3.19. The topological polar surface area (TPSA) is 59.0 Å². The molecule has 1 aliphatic rings. The molecule has 1 aromatic heterocycles. The van der Waals surface area contributed by atoms with Crippen molar-refractivity contribution in [3.63, 3.8) is 0 Å². The van der Waals surface area contributed by atoms with Gasteiger partial charge in [-0.3, -0.25) is 4.79 Å². The van der Waals surface area contributed by atoms with Gasteiger partial charge >= 0.3 is 0 Å². The summed E-state index contributed by atoms with van der Waals surface area (Å²) >= 11 is 0. The Morgan fingerprint density at radius 2 is 1.85 bits per heavy atom. The van der Waals surface area contributed by atoms with E-state index >= 15 is 0 Å². The quantitative estimate of drug-likeness (QED) is 0.734. The lowest BCUT2D eigenvalue weighted by molar-refractivity contribution is 0.0945. The van der Waals surface area contributed by atoms with Gasteiger partial charge in [0, 0.05) is 18.3 Å². The van der Waals surface area contributed by atoms with Crippen molar-refractivity contribution in [1.29, 1.82) is 0 Å². The van der Waals surface area contributed by atoms with E-state index in [4.69, 9.17) is 5.10 Å². The molecule has 0 bridgehead atoms. The van der Waals surface area contributed by atoms with Gasteiger partial charge < -0.3 is 10.6 Å². The van der Waals surface area contributed by atoms with E-state index < -0.39 is 0 Å². The van der Waals surface area contributed by atoms with Crippen molar-refractivity contribution in [3.05, 3.63) is 72.4 Å². The molecule has 27 heavy (non-hydrogen) atoms. The number of carbonyl (C=O) groups excluding carboxylic acids is 1. The fourth-order valence-corrected chi connectivity index (χ4v) is 3.49. The monoisotopic (exact) mass is 360 g/mol. The van der Waals surface area contributed by atoms with Crippen LogP contribution in [0.2, 0.25) is 0 Å². The molecule has 0 radical (unpaired) electrons. The normalized spacial score (nSPS) is 16.8.